The maximum atomic E-state index is 13.0. The molecule has 1 unspecified atom stereocenters. The van der Waals surface area contributed by atoms with Crippen LogP contribution in [0.2, 0.25) is 0 Å². The summed E-state index contributed by atoms with van der Waals surface area (Å²) in [5.41, 5.74) is 7.06. The van der Waals surface area contributed by atoms with Gasteiger partial charge in [0.15, 0.2) is 0 Å². The Labute approximate surface area is 106 Å². The highest BCUT2D eigenvalue weighted by atomic mass is 19.1. The molecule has 1 amide bonds. The van der Waals surface area contributed by atoms with Crippen LogP contribution >= 0.6 is 0 Å². The number of rotatable bonds is 2. The Morgan fingerprint density at radius 2 is 2.33 bits per heavy atom. The molecule has 0 aromatic heterocycles. The van der Waals surface area contributed by atoms with Crippen molar-refractivity contribution in [2.24, 2.45) is 5.92 Å². The van der Waals surface area contributed by atoms with Gasteiger partial charge in [-0.15, -0.1) is 0 Å². The summed E-state index contributed by atoms with van der Waals surface area (Å²) in [6.07, 6.45) is 1.83. The Kier molecular flexibility index (Phi) is 3.69. The van der Waals surface area contributed by atoms with E-state index in [0.29, 0.717) is 12.2 Å². The highest BCUT2D eigenvalue weighted by Crippen LogP contribution is 2.28. The van der Waals surface area contributed by atoms with Crippen LogP contribution in [0.15, 0.2) is 18.2 Å². The molecule has 3 N–H and O–H groups in total. The number of amides is 1. The minimum Gasteiger partial charge on any atom is -0.397 e. The second-order valence-corrected chi connectivity index (χ2v) is 4.60. The molecule has 1 aromatic rings. The first kappa shape index (κ1) is 12.7. The van der Waals surface area contributed by atoms with E-state index in [2.05, 4.69) is 10.2 Å². The van der Waals surface area contributed by atoms with Crippen molar-refractivity contribution in [3.8, 4) is 0 Å². The molecule has 1 aliphatic heterocycles. The van der Waals surface area contributed by atoms with E-state index in [0.717, 1.165) is 25.1 Å². The third kappa shape index (κ3) is 2.55. The molecule has 1 aliphatic rings. The van der Waals surface area contributed by atoms with E-state index in [1.165, 1.54) is 12.1 Å². The molecule has 1 atom stereocenters. The van der Waals surface area contributed by atoms with Crippen molar-refractivity contribution >= 4 is 17.3 Å². The van der Waals surface area contributed by atoms with Gasteiger partial charge in [-0.25, -0.2) is 4.39 Å². The largest absolute Gasteiger partial charge is 0.397 e. The molecule has 2 rings (SSSR count). The van der Waals surface area contributed by atoms with Gasteiger partial charge in [-0.2, -0.15) is 0 Å². The summed E-state index contributed by atoms with van der Waals surface area (Å²) in [5.74, 6) is -0.301. The van der Waals surface area contributed by atoms with Gasteiger partial charge in [0.25, 0.3) is 0 Å². The van der Waals surface area contributed by atoms with Crippen molar-refractivity contribution in [3.63, 3.8) is 0 Å². The predicted octanol–water partition coefficient (Wildman–Crippen LogP) is 1.37. The number of benzene rings is 1. The van der Waals surface area contributed by atoms with Crippen molar-refractivity contribution in [2.45, 2.75) is 12.8 Å². The zero-order valence-corrected chi connectivity index (χ0v) is 10.4. The fourth-order valence-electron chi connectivity index (χ4n) is 2.43. The van der Waals surface area contributed by atoms with Gasteiger partial charge in [0.05, 0.1) is 17.3 Å². The molecule has 18 heavy (non-hydrogen) atoms. The number of nitrogens with one attached hydrogen (secondary N) is 1. The zero-order valence-electron chi connectivity index (χ0n) is 10.4. The van der Waals surface area contributed by atoms with Crippen LogP contribution in [0.3, 0.4) is 0 Å². The van der Waals surface area contributed by atoms with E-state index >= 15 is 0 Å². The fourth-order valence-corrected chi connectivity index (χ4v) is 2.43. The first-order valence-electron chi connectivity index (χ1n) is 6.13. The lowest BCUT2D eigenvalue weighted by Crippen LogP contribution is -2.42. The summed E-state index contributed by atoms with van der Waals surface area (Å²) < 4.78 is 13.0. The molecule has 0 aliphatic carbocycles. The molecule has 5 heteroatoms. The predicted molar refractivity (Wildman–Crippen MR) is 69.8 cm³/mol. The highest BCUT2D eigenvalue weighted by Gasteiger charge is 2.25. The number of nitrogen functional groups attached to an aromatic ring is 1. The average Bonchev–Trinajstić information content (AvgIpc) is 2.38. The van der Waals surface area contributed by atoms with E-state index in [4.69, 9.17) is 5.73 Å². The van der Waals surface area contributed by atoms with Crippen LogP contribution in [-0.4, -0.2) is 26.0 Å². The lowest BCUT2D eigenvalue weighted by molar-refractivity contribution is -0.124. The fraction of sp³-hybridized carbons (Fsp3) is 0.462. The number of carbonyl (C=O) groups is 1. The summed E-state index contributed by atoms with van der Waals surface area (Å²) in [5, 5.41) is 2.67. The van der Waals surface area contributed by atoms with E-state index in [9.17, 15) is 9.18 Å². The normalized spacial score (nSPS) is 19.7. The molecular formula is C13H18FN3O. The van der Waals surface area contributed by atoms with Gasteiger partial charge in [0.1, 0.15) is 5.82 Å². The molecule has 1 heterocycles. The van der Waals surface area contributed by atoms with Gasteiger partial charge < -0.3 is 16.0 Å². The topological polar surface area (TPSA) is 58.4 Å². The molecule has 0 bridgehead atoms. The molecule has 0 spiro atoms. The number of anilines is 2. The first-order chi connectivity index (χ1) is 8.61. The van der Waals surface area contributed by atoms with Crippen molar-refractivity contribution in [1.29, 1.82) is 0 Å². The molecule has 1 fully saturated rings. The number of hydrogen-bond acceptors (Lipinski definition) is 3. The number of piperidine rings is 1. The quantitative estimate of drug-likeness (QED) is 0.780. The van der Waals surface area contributed by atoms with E-state index in [1.54, 1.807) is 13.1 Å². The summed E-state index contributed by atoms with van der Waals surface area (Å²) >= 11 is 0. The van der Waals surface area contributed by atoms with Gasteiger partial charge >= 0.3 is 0 Å². The summed E-state index contributed by atoms with van der Waals surface area (Å²) in [7, 11) is 1.65. The van der Waals surface area contributed by atoms with Crippen LogP contribution in [0.5, 0.6) is 0 Å². The highest BCUT2D eigenvalue weighted by molar-refractivity contribution is 5.79. The molecule has 98 valence electrons. The number of carbonyl (C=O) groups excluding carboxylic acids is 1. The summed E-state index contributed by atoms with van der Waals surface area (Å²) in [4.78, 5) is 13.7. The molecule has 0 saturated carbocycles. The smallest absolute Gasteiger partial charge is 0.224 e. The van der Waals surface area contributed by atoms with E-state index < -0.39 is 0 Å². The third-order valence-electron chi connectivity index (χ3n) is 3.37. The standard InChI is InChI=1S/C13H18FN3O/c1-16-13(18)9-3-2-6-17(8-9)12-5-4-10(14)7-11(12)15/h4-5,7,9H,2-3,6,8,15H2,1H3,(H,16,18). The summed E-state index contributed by atoms with van der Waals surface area (Å²) in [6.45, 7) is 1.48. The number of nitrogens with two attached hydrogens (primary N) is 1. The molecule has 1 aromatic carbocycles. The lowest BCUT2D eigenvalue weighted by Gasteiger charge is -2.34. The van der Waals surface area contributed by atoms with Crippen molar-refractivity contribution in [3.05, 3.63) is 24.0 Å². The van der Waals surface area contributed by atoms with Crippen molar-refractivity contribution in [1.82, 2.24) is 5.32 Å². The van der Waals surface area contributed by atoms with Crippen LogP contribution in [-0.2, 0) is 4.79 Å². The molecule has 0 radical (unpaired) electrons. The maximum absolute atomic E-state index is 13.0. The second kappa shape index (κ2) is 5.25. The average molecular weight is 251 g/mol. The zero-order chi connectivity index (χ0) is 13.1. The Bertz CT molecular complexity index is 450. The monoisotopic (exact) mass is 251 g/mol. The molecule has 4 nitrogen and oxygen atoms in total. The SMILES string of the molecule is CNC(=O)C1CCCN(c2ccc(F)cc2N)C1. The van der Waals surface area contributed by atoms with Crippen molar-refractivity contribution in [2.75, 3.05) is 30.8 Å². The number of nitrogens with zero attached hydrogens (tertiary/aromatic N) is 1. The lowest BCUT2D eigenvalue weighted by atomic mass is 9.96. The molecule has 1 saturated heterocycles. The first-order valence-corrected chi connectivity index (χ1v) is 6.13. The van der Waals surface area contributed by atoms with Crippen LogP contribution in [0, 0.1) is 11.7 Å². The minimum absolute atomic E-state index is 0.0202. The van der Waals surface area contributed by atoms with Crippen LogP contribution in [0.4, 0.5) is 15.8 Å². The third-order valence-corrected chi connectivity index (χ3v) is 3.37. The van der Waals surface area contributed by atoms with Gasteiger partial charge in [0.2, 0.25) is 5.91 Å². The molecular weight excluding hydrogens is 233 g/mol. The van der Waals surface area contributed by atoms with Crippen LogP contribution < -0.4 is 16.0 Å². The van der Waals surface area contributed by atoms with E-state index in [1.807, 2.05) is 0 Å². The maximum Gasteiger partial charge on any atom is 0.224 e. The van der Waals surface area contributed by atoms with Crippen molar-refractivity contribution < 1.29 is 9.18 Å². The van der Waals surface area contributed by atoms with Crippen LogP contribution in [0.25, 0.3) is 0 Å². The minimum atomic E-state index is -0.337. The number of hydrogen-bond donors (Lipinski definition) is 2. The number of halogens is 1. The van der Waals surface area contributed by atoms with E-state index in [-0.39, 0.29) is 17.6 Å². The Balaban J connectivity index is 2.15. The second-order valence-electron chi connectivity index (χ2n) is 4.60. The van der Waals surface area contributed by atoms with Gasteiger partial charge in [-0.05, 0) is 31.0 Å². The van der Waals surface area contributed by atoms with Gasteiger partial charge in [-0.1, -0.05) is 0 Å². The summed E-state index contributed by atoms with van der Waals surface area (Å²) in [6, 6.07) is 4.39. The van der Waals surface area contributed by atoms with Crippen LogP contribution in [0.1, 0.15) is 12.8 Å². The Hall–Kier alpha value is -1.78. The van der Waals surface area contributed by atoms with Gasteiger partial charge in [-0.3, -0.25) is 4.79 Å². The Morgan fingerprint density at radius 1 is 1.56 bits per heavy atom. The Morgan fingerprint density at radius 3 is 3.00 bits per heavy atom. The van der Waals surface area contributed by atoms with Gasteiger partial charge in [0, 0.05) is 20.1 Å².